The van der Waals surface area contributed by atoms with E-state index in [2.05, 4.69) is 20.5 Å². The molecule has 3 heterocycles. The van der Waals surface area contributed by atoms with Crippen molar-refractivity contribution in [3.05, 3.63) is 102 Å². The highest BCUT2D eigenvalue weighted by Gasteiger charge is 2.13. The molecule has 0 aliphatic heterocycles. The van der Waals surface area contributed by atoms with Crippen molar-refractivity contribution in [3.8, 4) is 17.3 Å². The molecule has 0 amide bonds. The number of anilines is 2. The highest BCUT2D eigenvalue weighted by Crippen LogP contribution is 2.35. The smallest absolute Gasteiger partial charge is 0.206 e. The van der Waals surface area contributed by atoms with Gasteiger partial charge in [0.1, 0.15) is 17.3 Å². The lowest BCUT2D eigenvalue weighted by Gasteiger charge is -2.12. The summed E-state index contributed by atoms with van der Waals surface area (Å²) in [6.45, 7) is 0. The van der Waals surface area contributed by atoms with Gasteiger partial charge in [-0.05, 0) is 42.5 Å². The number of benzene rings is 3. The molecule has 0 aliphatic rings. The van der Waals surface area contributed by atoms with E-state index < -0.39 is 0 Å². The number of aromatic nitrogens is 3. The van der Waals surface area contributed by atoms with Crippen LogP contribution in [0.3, 0.4) is 0 Å². The van der Waals surface area contributed by atoms with Crippen LogP contribution in [0.2, 0.25) is 5.02 Å². The maximum Gasteiger partial charge on any atom is 0.206 e. The number of nitriles is 1. The molecule has 1 N–H and O–H groups in total. The Kier molecular flexibility index (Phi) is 5.74. The highest BCUT2D eigenvalue weighted by molar-refractivity contribution is 7.99. The number of hydrogen-bond donors (Lipinski definition) is 1. The number of pyridine rings is 1. The number of furan rings is 1. The van der Waals surface area contributed by atoms with Gasteiger partial charge in [-0.2, -0.15) is 5.26 Å². The van der Waals surface area contributed by atoms with Gasteiger partial charge in [-0.1, -0.05) is 59.8 Å². The maximum atomic E-state index is 9.12. The van der Waals surface area contributed by atoms with Crippen LogP contribution in [0.5, 0.6) is 0 Å². The maximum absolute atomic E-state index is 9.12. The molecule has 0 bridgehead atoms. The Bertz CT molecular complexity index is 1760. The third kappa shape index (κ3) is 4.24. The Morgan fingerprint density at radius 3 is 2.44 bits per heavy atom. The molecule has 0 saturated heterocycles. The van der Waals surface area contributed by atoms with Gasteiger partial charge < -0.3 is 9.73 Å². The Morgan fingerprint density at radius 1 is 0.889 bits per heavy atom. The monoisotopic (exact) mass is 505 g/mol. The van der Waals surface area contributed by atoms with E-state index in [0.717, 1.165) is 37.5 Å². The number of nitrogens with one attached hydrogen (secondary N) is 1. The lowest BCUT2D eigenvalue weighted by molar-refractivity contribution is 0.592. The molecule has 6 nitrogen and oxygen atoms in total. The normalized spacial score (nSPS) is 11.0. The van der Waals surface area contributed by atoms with Crippen LogP contribution in [0.25, 0.3) is 33.1 Å². The molecule has 0 atom stereocenters. The molecular weight excluding hydrogens is 490 g/mol. The highest BCUT2D eigenvalue weighted by atomic mass is 35.5. The van der Waals surface area contributed by atoms with Gasteiger partial charge in [0.2, 0.25) is 5.76 Å². The summed E-state index contributed by atoms with van der Waals surface area (Å²) in [6.07, 6.45) is 1.72. The lowest BCUT2D eigenvalue weighted by Crippen LogP contribution is -1.99. The van der Waals surface area contributed by atoms with Crippen LogP contribution in [0, 0.1) is 11.3 Å². The van der Waals surface area contributed by atoms with Crippen molar-refractivity contribution < 1.29 is 4.42 Å². The predicted octanol–water partition coefficient (Wildman–Crippen LogP) is 7.86. The summed E-state index contributed by atoms with van der Waals surface area (Å²) in [5.41, 5.74) is 3.94. The summed E-state index contributed by atoms with van der Waals surface area (Å²) in [5, 5.41) is 24.2. The molecule has 0 spiro atoms. The quantitative estimate of drug-likeness (QED) is 0.255. The summed E-state index contributed by atoms with van der Waals surface area (Å²) in [6, 6.07) is 29.2. The number of halogens is 1. The second kappa shape index (κ2) is 9.34. The van der Waals surface area contributed by atoms with Gasteiger partial charge >= 0.3 is 0 Å². The van der Waals surface area contributed by atoms with E-state index in [4.69, 9.17) is 21.3 Å². The topological polar surface area (TPSA) is 87.6 Å². The summed E-state index contributed by atoms with van der Waals surface area (Å²) < 4.78 is 5.63. The Labute approximate surface area is 215 Å². The minimum Gasteiger partial charge on any atom is -0.443 e. The first-order valence-corrected chi connectivity index (χ1v) is 12.2. The van der Waals surface area contributed by atoms with Crippen LogP contribution in [0.4, 0.5) is 11.5 Å². The summed E-state index contributed by atoms with van der Waals surface area (Å²) >= 11 is 7.61. The number of hydrogen-bond acceptors (Lipinski definition) is 7. The molecule has 3 aromatic carbocycles. The first-order valence-electron chi connectivity index (χ1n) is 11.0. The van der Waals surface area contributed by atoms with Crippen molar-refractivity contribution in [1.82, 2.24) is 15.2 Å². The molecule has 0 saturated carbocycles. The van der Waals surface area contributed by atoms with Gasteiger partial charge in [0.15, 0.2) is 11.4 Å². The van der Waals surface area contributed by atoms with Crippen LogP contribution in [0.15, 0.2) is 105 Å². The molecule has 0 radical (unpaired) electrons. The van der Waals surface area contributed by atoms with Gasteiger partial charge in [0, 0.05) is 44.2 Å². The van der Waals surface area contributed by atoms with Crippen LogP contribution < -0.4 is 5.32 Å². The zero-order valence-corrected chi connectivity index (χ0v) is 20.2. The first kappa shape index (κ1) is 22.1. The van der Waals surface area contributed by atoms with E-state index in [9.17, 15) is 0 Å². The molecule has 8 heteroatoms. The second-order valence-electron chi connectivity index (χ2n) is 7.95. The van der Waals surface area contributed by atoms with Crippen LogP contribution in [-0.2, 0) is 0 Å². The first-order chi connectivity index (χ1) is 17.7. The average Bonchev–Trinajstić information content (AvgIpc) is 3.35. The molecule has 6 rings (SSSR count). The fraction of sp³-hybridized carbons (Fsp3) is 0. The van der Waals surface area contributed by atoms with E-state index in [1.165, 1.54) is 0 Å². The Hall–Kier alpha value is -4.38. The largest absolute Gasteiger partial charge is 0.443 e. The van der Waals surface area contributed by atoms with Gasteiger partial charge in [0.25, 0.3) is 0 Å². The second-order valence-corrected chi connectivity index (χ2v) is 9.50. The van der Waals surface area contributed by atoms with E-state index in [1.807, 2.05) is 84.9 Å². The van der Waals surface area contributed by atoms with Crippen molar-refractivity contribution in [2.24, 2.45) is 0 Å². The third-order valence-electron chi connectivity index (χ3n) is 5.64. The van der Waals surface area contributed by atoms with Crippen molar-refractivity contribution in [2.45, 2.75) is 9.79 Å². The zero-order valence-electron chi connectivity index (χ0n) is 18.6. The van der Waals surface area contributed by atoms with E-state index in [1.54, 1.807) is 24.0 Å². The lowest BCUT2D eigenvalue weighted by atomic mass is 10.0. The van der Waals surface area contributed by atoms with Crippen molar-refractivity contribution in [2.75, 3.05) is 5.32 Å². The number of nitrogens with zero attached hydrogens (tertiary/aromatic N) is 4. The number of fused-ring (bicyclic) bond motifs is 2. The van der Waals surface area contributed by atoms with Crippen LogP contribution >= 0.6 is 23.4 Å². The SMILES string of the molecule is N#Cc1cc2nccc(Sc3ccc(Nc4nnc(-c5ccc(Cl)cc5)c5ccccc45)cc3)c2o1. The minimum absolute atomic E-state index is 0.250. The summed E-state index contributed by atoms with van der Waals surface area (Å²) in [5.74, 6) is 0.930. The summed E-state index contributed by atoms with van der Waals surface area (Å²) in [7, 11) is 0. The van der Waals surface area contributed by atoms with Crippen molar-refractivity contribution >= 4 is 56.7 Å². The zero-order chi connectivity index (χ0) is 24.5. The minimum atomic E-state index is 0.250. The summed E-state index contributed by atoms with van der Waals surface area (Å²) in [4.78, 5) is 6.21. The van der Waals surface area contributed by atoms with Crippen molar-refractivity contribution in [1.29, 1.82) is 5.26 Å². The van der Waals surface area contributed by atoms with Crippen molar-refractivity contribution in [3.63, 3.8) is 0 Å². The van der Waals surface area contributed by atoms with Gasteiger partial charge in [0.05, 0.1) is 4.90 Å². The standard InChI is InChI=1S/C28H16ClN5OS/c29-18-7-5-17(6-8-18)26-22-3-1-2-4-23(22)28(34-33-26)32-19-9-11-21(12-10-19)36-25-13-14-31-24-15-20(16-30)35-27(24)25/h1-15H,(H,32,34). The van der Waals surface area contributed by atoms with Gasteiger partial charge in [-0.3, -0.25) is 4.98 Å². The number of rotatable bonds is 5. The molecule has 0 fully saturated rings. The predicted molar refractivity (Wildman–Crippen MR) is 143 cm³/mol. The molecule has 3 aromatic heterocycles. The van der Waals surface area contributed by atoms with Gasteiger partial charge in [-0.15, -0.1) is 10.2 Å². The molecule has 0 aliphatic carbocycles. The fourth-order valence-corrected chi connectivity index (χ4v) is 4.96. The molecule has 172 valence electrons. The van der Waals surface area contributed by atoms with E-state index >= 15 is 0 Å². The molecule has 6 aromatic rings. The Balaban J connectivity index is 1.27. The third-order valence-corrected chi connectivity index (χ3v) is 6.94. The van der Waals surface area contributed by atoms with Crippen LogP contribution in [0.1, 0.15) is 5.76 Å². The molecular formula is C28H16ClN5OS. The van der Waals surface area contributed by atoms with Crippen LogP contribution in [-0.4, -0.2) is 15.2 Å². The molecule has 36 heavy (non-hydrogen) atoms. The Morgan fingerprint density at radius 2 is 1.67 bits per heavy atom. The average molecular weight is 506 g/mol. The molecule has 0 unspecified atom stereocenters. The fourth-order valence-electron chi connectivity index (χ4n) is 3.94. The van der Waals surface area contributed by atoms with E-state index in [0.29, 0.717) is 21.9 Å². The van der Waals surface area contributed by atoms with Gasteiger partial charge in [-0.25, -0.2) is 0 Å². The van der Waals surface area contributed by atoms with E-state index in [-0.39, 0.29) is 5.76 Å².